The lowest BCUT2D eigenvalue weighted by Gasteiger charge is -2.03. The standard InChI is InChI=1S/C4H4F3NO3/c5-4(6,7)3(10)11-2(9)1-8/h1,8H2. The number of hydrogen-bond donors (Lipinski definition) is 1. The van der Waals surface area contributed by atoms with Crippen molar-refractivity contribution >= 4 is 11.9 Å². The lowest BCUT2D eigenvalue weighted by molar-refractivity contribution is -0.201. The first kappa shape index (κ1) is 9.89. The molecule has 0 saturated heterocycles. The number of esters is 2. The van der Waals surface area contributed by atoms with Crippen molar-refractivity contribution in [2.75, 3.05) is 6.54 Å². The third-order valence-electron chi connectivity index (χ3n) is 0.605. The Kier molecular flexibility index (Phi) is 2.99. The van der Waals surface area contributed by atoms with Gasteiger partial charge in [0.15, 0.2) is 0 Å². The lowest BCUT2D eigenvalue weighted by Crippen LogP contribution is -2.30. The van der Waals surface area contributed by atoms with Crippen LogP contribution >= 0.6 is 0 Å². The maximum absolute atomic E-state index is 11.3. The molecular formula is C4H4F3NO3. The van der Waals surface area contributed by atoms with Crippen LogP contribution in [0.3, 0.4) is 0 Å². The van der Waals surface area contributed by atoms with Gasteiger partial charge in [-0.3, -0.25) is 4.79 Å². The highest BCUT2D eigenvalue weighted by Gasteiger charge is 2.42. The SMILES string of the molecule is NCC(=O)OC(=O)C(F)(F)F. The van der Waals surface area contributed by atoms with Crippen molar-refractivity contribution in [2.45, 2.75) is 6.18 Å². The average molecular weight is 171 g/mol. The van der Waals surface area contributed by atoms with Crippen LogP contribution in [0.5, 0.6) is 0 Å². The van der Waals surface area contributed by atoms with Gasteiger partial charge in [-0.15, -0.1) is 0 Å². The van der Waals surface area contributed by atoms with Crippen LogP contribution in [-0.2, 0) is 14.3 Å². The van der Waals surface area contributed by atoms with Gasteiger partial charge >= 0.3 is 18.1 Å². The van der Waals surface area contributed by atoms with Crippen molar-refractivity contribution < 1.29 is 27.5 Å². The van der Waals surface area contributed by atoms with Crippen LogP contribution in [-0.4, -0.2) is 24.7 Å². The van der Waals surface area contributed by atoms with Gasteiger partial charge in [-0.1, -0.05) is 0 Å². The van der Waals surface area contributed by atoms with Crippen molar-refractivity contribution in [1.82, 2.24) is 0 Å². The molecular weight excluding hydrogens is 167 g/mol. The van der Waals surface area contributed by atoms with Crippen LogP contribution in [0.25, 0.3) is 0 Å². The Morgan fingerprint density at radius 2 is 1.82 bits per heavy atom. The van der Waals surface area contributed by atoms with E-state index in [4.69, 9.17) is 0 Å². The Labute approximate surface area is 59.1 Å². The predicted molar refractivity (Wildman–Crippen MR) is 26.2 cm³/mol. The van der Waals surface area contributed by atoms with Crippen LogP contribution in [0, 0.1) is 0 Å². The summed E-state index contributed by atoms with van der Waals surface area (Å²) in [7, 11) is 0. The molecule has 0 spiro atoms. The molecule has 0 amide bonds. The van der Waals surface area contributed by atoms with Crippen LogP contribution in [0.4, 0.5) is 13.2 Å². The quantitative estimate of drug-likeness (QED) is 0.429. The molecule has 11 heavy (non-hydrogen) atoms. The third kappa shape index (κ3) is 3.56. The number of hydrogen-bond acceptors (Lipinski definition) is 4. The topological polar surface area (TPSA) is 69.4 Å². The van der Waals surface area contributed by atoms with E-state index in [0.29, 0.717) is 0 Å². The molecule has 0 radical (unpaired) electrons. The molecule has 4 nitrogen and oxygen atoms in total. The third-order valence-corrected chi connectivity index (χ3v) is 0.605. The summed E-state index contributed by atoms with van der Waals surface area (Å²) >= 11 is 0. The lowest BCUT2D eigenvalue weighted by atomic mass is 10.6. The fourth-order valence-electron chi connectivity index (χ4n) is 0.203. The fourth-order valence-corrected chi connectivity index (χ4v) is 0.203. The molecule has 0 bridgehead atoms. The van der Waals surface area contributed by atoms with Gasteiger partial charge in [0.25, 0.3) is 0 Å². The van der Waals surface area contributed by atoms with Gasteiger partial charge in [0.1, 0.15) is 0 Å². The monoisotopic (exact) mass is 171 g/mol. The minimum Gasteiger partial charge on any atom is -0.385 e. The number of ether oxygens (including phenoxy) is 1. The van der Waals surface area contributed by atoms with Gasteiger partial charge in [-0.05, 0) is 0 Å². The Morgan fingerprint density at radius 3 is 2.09 bits per heavy atom. The number of nitrogens with two attached hydrogens (primary N) is 1. The molecule has 64 valence electrons. The zero-order valence-corrected chi connectivity index (χ0v) is 5.14. The Morgan fingerprint density at radius 1 is 1.36 bits per heavy atom. The van der Waals surface area contributed by atoms with Gasteiger partial charge in [0, 0.05) is 0 Å². The minimum atomic E-state index is -5.15. The second kappa shape index (κ2) is 3.33. The van der Waals surface area contributed by atoms with E-state index < -0.39 is 24.7 Å². The van der Waals surface area contributed by atoms with Gasteiger partial charge < -0.3 is 10.5 Å². The molecule has 0 aromatic rings. The Bertz CT molecular complexity index is 176. The maximum atomic E-state index is 11.3. The molecule has 7 heteroatoms. The summed E-state index contributed by atoms with van der Waals surface area (Å²) in [5.41, 5.74) is 4.57. The van der Waals surface area contributed by atoms with Crippen LogP contribution < -0.4 is 5.73 Å². The molecule has 0 saturated carbocycles. The summed E-state index contributed by atoms with van der Waals surface area (Å²) in [6.45, 7) is -0.762. The first-order chi connectivity index (χ1) is 4.88. The summed E-state index contributed by atoms with van der Waals surface area (Å²) in [4.78, 5) is 19.8. The first-order valence-corrected chi connectivity index (χ1v) is 2.40. The van der Waals surface area contributed by atoms with Crippen molar-refractivity contribution in [1.29, 1.82) is 0 Å². The van der Waals surface area contributed by atoms with E-state index in [1.54, 1.807) is 0 Å². The van der Waals surface area contributed by atoms with Crippen LogP contribution in [0.15, 0.2) is 0 Å². The molecule has 0 aromatic carbocycles. The van der Waals surface area contributed by atoms with Crippen LogP contribution in [0.1, 0.15) is 0 Å². The molecule has 0 aliphatic carbocycles. The average Bonchev–Trinajstić information content (AvgIpc) is 1.85. The van der Waals surface area contributed by atoms with Gasteiger partial charge in [0.2, 0.25) is 0 Å². The minimum absolute atomic E-state index is 0.762. The molecule has 0 heterocycles. The number of rotatable bonds is 1. The van der Waals surface area contributed by atoms with E-state index in [9.17, 15) is 22.8 Å². The molecule has 2 N–H and O–H groups in total. The maximum Gasteiger partial charge on any atom is 0.491 e. The van der Waals surface area contributed by atoms with Crippen molar-refractivity contribution in [3.63, 3.8) is 0 Å². The van der Waals surface area contributed by atoms with E-state index in [1.807, 2.05) is 0 Å². The number of carbonyl (C=O) groups is 2. The Balaban J connectivity index is 3.99. The summed E-state index contributed by atoms with van der Waals surface area (Å²) in [5.74, 6) is -3.96. The second-order valence-corrected chi connectivity index (χ2v) is 1.46. The van der Waals surface area contributed by atoms with E-state index in [0.717, 1.165) is 0 Å². The number of alkyl halides is 3. The van der Waals surface area contributed by atoms with Gasteiger partial charge in [0.05, 0.1) is 6.54 Å². The molecule has 0 aliphatic rings. The van der Waals surface area contributed by atoms with Gasteiger partial charge in [-0.25, -0.2) is 4.79 Å². The zero-order valence-electron chi connectivity index (χ0n) is 5.14. The molecule has 0 unspecified atom stereocenters. The fraction of sp³-hybridized carbons (Fsp3) is 0.500. The van der Waals surface area contributed by atoms with Crippen molar-refractivity contribution in [2.24, 2.45) is 5.73 Å². The zero-order chi connectivity index (χ0) is 9.07. The van der Waals surface area contributed by atoms with Crippen molar-refractivity contribution in [3.8, 4) is 0 Å². The first-order valence-electron chi connectivity index (χ1n) is 2.40. The van der Waals surface area contributed by atoms with E-state index in [2.05, 4.69) is 10.5 Å². The largest absolute Gasteiger partial charge is 0.491 e. The Hall–Kier alpha value is -1.11. The van der Waals surface area contributed by atoms with Gasteiger partial charge in [-0.2, -0.15) is 13.2 Å². The summed E-state index contributed by atoms with van der Waals surface area (Å²) in [6, 6.07) is 0. The highest BCUT2D eigenvalue weighted by molar-refractivity contribution is 5.89. The highest BCUT2D eigenvalue weighted by Crippen LogP contribution is 2.16. The van der Waals surface area contributed by atoms with E-state index in [1.165, 1.54) is 0 Å². The second-order valence-electron chi connectivity index (χ2n) is 1.46. The number of carbonyl (C=O) groups excluding carboxylic acids is 2. The van der Waals surface area contributed by atoms with Crippen molar-refractivity contribution in [3.05, 3.63) is 0 Å². The molecule has 0 fully saturated rings. The highest BCUT2D eigenvalue weighted by atomic mass is 19.4. The predicted octanol–water partition coefficient (Wildman–Crippen LogP) is -0.423. The molecule has 0 rings (SSSR count). The normalized spacial score (nSPS) is 10.9. The molecule has 0 aromatic heterocycles. The molecule has 0 atom stereocenters. The number of halogens is 3. The summed E-state index contributed by atoms with van der Waals surface area (Å²) < 4.78 is 37.1. The van der Waals surface area contributed by atoms with E-state index in [-0.39, 0.29) is 0 Å². The van der Waals surface area contributed by atoms with Crippen LogP contribution in [0.2, 0.25) is 0 Å². The smallest absolute Gasteiger partial charge is 0.385 e. The van der Waals surface area contributed by atoms with E-state index >= 15 is 0 Å². The molecule has 0 aliphatic heterocycles. The summed E-state index contributed by atoms with van der Waals surface area (Å²) in [5, 5.41) is 0. The summed E-state index contributed by atoms with van der Waals surface area (Å²) in [6.07, 6.45) is -5.15.